The van der Waals surface area contributed by atoms with Crippen molar-refractivity contribution < 1.29 is 4.74 Å². The lowest BCUT2D eigenvalue weighted by atomic mass is 9.83. The van der Waals surface area contributed by atoms with Crippen LogP contribution in [0.4, 0.5) is 0 Å². The minimum absolute atomic E-state index is 0.155. The Morgan fingerprint density at radius 1 is 1.35 bits per heavy atom. The summed E-state index contributed by atoms with van der Waals surface area (Å²) < 4.78 is 5.44. The van der Waals surface area contributed by atoms with E-state index in [4.69, 9.17) is 33.7 Å². The number of rotatable bonds is 4. The van der Waals surface area contributed by atoms with E-state index in [0.717, 1.165) is 38.3 Å². The number of benzene rings is 1. The van der Waals surface area contributed by atoms with Gasteiger partial charge in [-0.1, -0.05) is 42.3 Å². The van der Waals surface area contributed by atoms with E-state index in [1.165, 1.54) is 0 Å². The van der Waals surface area contributed by atoms with E-state index >= 15 is 0 Å². The van der Waals surface area contributed by atoms with E-state index in [-0.39, 0.29) is 11.6 Å². The van der Waals surface area contributed by atoms with Gasteiger partial charge in [0.2, 0.25) is 0 Å². The third-order valence-electron chi connectivity index (χ3n) is 4.44. The van der Waals surface area contributed by atoms with E-state index in [2.05, 4.69) is 18.7 Å². The lowest BCUT2D eigenvalue weighted by Crippen LogP contribution is -2.56. The van der Waals surface area contributed by atoms with Gasteiger partial charge in [0.25, 0.3) is 0 Å². The highest BCUT2D eigenvalue weighted by Crippen LogP contribution is 2.38. The molecule has 2 atom stereocenters. The van der Waals surface area contributed by atoms with Gasteiger partial charge in [0.05, 0.1) is 23.3 Å². The van der Waals surface area contributed by atoms with Crippen LogP contribution in [0, 0.1) is 0 Å². The fourth-order valence-corrected chi connectivity index (χ4v) is 3.24. The smallest absolute Gasteiger partial charge is 0.0640 e. The zero-order chi connectivity index (χ0) is 14.8. The van der Waals surface area contributed by atoms with Gasteiger partial charge in [-0.3, -0.25) is 4.90 Å². The molecule has 1 aromatic rings. The van der Waals surface area contributed by atoms with Crippen molar-refractivity contribution in [1.29, 1.82) is 0 Å². The van der Waals surface area contributed by atoms with Crippen LogP contribution < -0.4 is 5.73 Å². The molecule has 20 heavy (non-hydrogen) atoms. The molecule has 3 nitrogen and oxygen atoms in total. The van der Waals surface area contributed by atoms with Crippen molar-refractivity contribution in [1.82, 2.24) is 4.90 Å². The fourth-order valence-electron chi connectivity index (χ4n) is 2.81. The van der Waals surface area contributed by atoms with Gasteiger partial charge in [0.15, 0.2) is 0 Å². The molecule has 0 radical (unpaired) electrons. The maximum Gasteiger partial charge on any atom is 0.0640 e. The molecule has 0 amide bonds. The van der Waals surface area contributed by atoms with E-state index in [9.17, 15) is 0 Å². The molecule has 0 spiro atoms. The molecule has 0 bridgehead atoms. The van der Waals surface area contributed by atoms with Crippen molar-refractivity contribution in [2.24, 2.45) is 5.73 Å². The predicted molar refractivity (Wildman–Crippen MR) is 84.5 cm³/mol. The van der Waals surface area contributed by atoms with Crippen molar-refractivity contribution in [3.8, 4) is 0 Å². The summed E-state index contributed by atoms with van der Waals surface area (Å²) in [6.45, 7) is 7.66. The Kier molecular flexibility index (Phi) is 5.32. The van der Waals surface area contributed by atoms with Gasteiger partial charge in [0, 0.05) is 24.7 Å². The summed E-state index contributed by atoms with van der Waals surface area (Å²) in [6.07, 6.45) is 0.941. The second-order valence-corrected chi connectivity index (χ2v) is 6.22. The first kappa shape index (κ1) is 16.1. The lowest BCUT2D eigenvalue weighted by Gasteiger charge is -2.46. The third-order valence-corrected chi connectivity index (χ3v) is 5.27. The van der Waals surface area contributed by atoms with Crippen LogP contribution in [0.1, 0.15) is 31.9 Å². The first-order valence-electron chi connectivity index (χ1n) is 7.03. The summed E-state index contributed by atoms with van der Waals surface area (Å²) in [4.78, 5) is 2.40. The average Bonchev–Trinajstić information content (AvgIpc) is 2.49. The average molecular weight is 317 g/mol. The van der Waals surface area contributed by atoms with Gasteiger partial charge >= 0.3 is 0 Å². The number of morpholine rings is 1. The van der Waals surface area contributed by atoms with Crippen LogP contribution in [-0.4, -0.2) is 36.7 Å². The lowest BCUT2D eigenvalue weighted by molar-refractivity contribution is -0.0277. The molecular formula is C15H22Cl2N2O. The Labute approximate surface area is 131 Å². The third kappa shape index (κ3) is 2.97. The van der Waals surface area contributed by atoms with E-state index in [1.807, 2.05) is 12.1 Å². The summed E-state index contributed by atoms with van der Waals surface area (Å²) in [5.41, 5.74) is 7.32. The Bertz CT molecular complexity index is 463. The Hall–Kier alpha value is -0.320. The molecule has 0 aromatic heterocycles. The molecule has 2 rings (SSSR count). The molecule has 2 unspecified atom stereocenters. The summed E-state index contributed by atoms with van der Waals surface area (Å²) in [5.74, 6) is 0. The van der Waals surface area contributed by atoms with Crippen molar-refractivity contribution in [2.75, 3.05) is 26.3 Å². The molecule has 1 saturated heterocycles. The number of hydrogen-bond donors (Lipinski definition) is 1. The highest BCUT2D eigenvalue weighted by Gasteiger charge is 2.38. The molecule has 1 aliphatic heterocycles. The molecule has 0 saturated carbocycles. The fraction of sp³-hybridized carbons (Fsp3) is 0.600. The molecule has 5 heteroatoms. The summed E-state index contributed by atoms with van der Waals surface area (Å²) >= 11 is 12.5. The van der Waals surface area contributed by atoms with Gasteiger partial charge in [-0.2, -0.15) is 0 Å². The van der Waals surface area contributed by atoms with Crippen LogP contribution in [0.2, 0.25) is 10.0 Å². The molecule has 112 valence electrons. The number of nitrogens with zero attached hydrogens (tertiary/aromatic N) is 1. The van der Waals surface area contributed by atoms with E-state index in [0.29, 0.717) is 10.0 Å². The van der Waals surface area contributed by atoms with Crippen LogP contribution >= 0.6 is 23.2 Å². The first-order valence-corrected chi connectivity index (χ1v) is 7.78. The summed E-state index contributed by atoms with van der Waals surface area (Å²) in [7, 11) is 0. The van der Waals surface area contributed by atoms with Crippen molar-refractivity contribution in [2.45, 2.75) is 31.8 Å². The molecule has 1 aromatic carbocycles. The van der Waals surface area contributed by atoms with E-state index in [1.54, 1.807) is 6.07 Å². The van der Waals surface area contributed by atoms with Gasteiger partial charge < -0.3 is 10.5 Å². The van der Waals surface area contributed by atoms with Crippen LogP contribution in [0.3, 0.4) is 0 Å². The maximum absolute atomic E-state index is 6.56. The SMILES string of the molecule is CCC(C)(C(N)c1cccc(Cl)c1Cl)N1CCOCC1. The van der Waals surface area contributed by atoms with Crippen molar-refractivity contribution >= 4 is 23.2 Å². The normalized spacial score (nSPS) is 21.4. The van der Waals surface area contributed by atoms with Gasteiger partial charge in [-0.05, 0) is 25.0 Å². The Balaban J connectivity index is 2.32. The quantitative estimate of drug-likeness (QED) is 0.924. The molecule has 1 aliphatic rings. The molecular weight excluding hydrogens is 295 g/mol. The number of hydrogen-bond acceptors (Lipinski definition) is 3. The summed E-state index contributed by atoms with van der Waals surface area (Å²) in [6, 6.07) is 5.47. The largest absolute Gasteiger partial charge is 0.379 e. The number of nitrogens with two attached hydrogens (primary N) is 1. The molecule has 0 aliphatic carbocycles. The standard InChI is InChI=1S/C15H22Cl2N2O/c1-3-15(2,19-7-9-20-10-8-19)14(18)11-5-4-6-12(16)13(11)17/h4-6,14H,3,7-10,18H2,1-2H3. The number of ether oxygens (including phenoxy) is 1. The number of halogens is 2. The van der Waals surface area contributed by atoms with Crippen molar-refractivity contribution in [3.63, 3.8) is 0 Å². The second kappa shape index (κ2) is 6.63. The summed E-state index contributed by atoms with van der Waals surface area (Å²) in [5, 5.41) is 1.12. The minimum atomic E-state index is -0.184. The Morgan fingerprint density at radius 2 is 2.00 bits per heavy atom. The highest BCUT2D eigenvalue weighted by molar-refractivity contribution is 6.42. The van der Waals surface area contributed by atoms with E-state index < -0.39 is 0 Å². The predicted octanol–water partition coefficient (Wildman–Crippen LogP) is 3.49. The van der Waals surface area contributed by atoms with Gasteiger partial charge in [-0.15, -0.1) is 0 Å². The second-order valence-electron chi connectivity index (χ2n) is 5.43. The molecule has 2 N–H and O–H groups in total. The van der Waals surface area contributed by atoms with Crippen LogP contribution in [0.25, 0.3) is 0 Å². The van der Waals surface area contributed by atoms with Crippen molar-refractivity contribution in [3.05, 3.63) is 33.8 Å². The zero-order valence-electron chi connectivity index (χ0n) is 12.0. The highest BCUT2D eigenvalue weighted by atomic mass is 35.5. The maximum atomic E-state index is 6.56. The van der Waals surface area contributed by atoms with Gasteiger partial charge in [0.1, 0.15) is 0 Å². The van der Waals surface area contributed by atoms with Crippen LogP contribution in [0.15, 0.2) is 18.2 Å². The van der Waals surface area contributed by atoms with Gasteiger partial charge in [-0.25, -0.2) is 0 Å². The van der Waals surface area contributed by atoms with Crippen LogP contribution in [0.5, 0.6) is 0 Å². The Morgan fingerprint density at radius 3 is 2.60 bits per heavy atom. The zero-order valence-corrected chi connectivity index (χ0v) is 13.5. The topological polar surface area (TPSA) is 38.5 Å². The molecule has 1 heterocycles. The van der Waals surface area contributed by atoms with Crippen LogP contribution in [-0.2, 0) is 4.74 Å². The monoisotopic (exact) mass is 316 g/mol. The minimum Gasteiger partial charge on any atom is -0.379 e. The molecule has 1 fully saturated rings. The first-order chi connectivity index (χ1) is 9.50.